The third-order valence-corrected chi connectivity index (χ3v) is 2.55. The highest BCUT2D eigenvalue weighted by Crippen LogP contribution is 2.24. The van der Waals surface area contributed by atoms with Gasteiger partial charge < -0.3 is 0 Å². The van der Waals surface area contributed by atoms with Crippen molar-refractivity contribution in [2.75, 3.05) is 0 Å². The number of aromatic nitrogens is 2. The molecule has 0 saturated carbocycles. The van der Waals surface area contributed by atoms with Crippen molar-refractivity contribution >= 4 is 11.8 Å². The van der Waals surface area contributed by atoms with E-state index in [9.17, 15) is 13.2 Å². The SMILES string of the molecule is Fc1ccc(-c2ccnc(SC(F)F)n2)cc1. The van der Waals surface area contributed by atoms with E-state index in [2.05, 4.69) is 9.97 Å². The number of hydrogen-bond acceptors (Lipinski definition) is 3. The highest BCUT2D eigenvalue weighted by molar-refractivity contribution is 7.99. The summed E-state index contributed by atoms with van der Waals surface area (Å²) in [5.74, 6) is -2.91. The highest BCUT2D eigenvalue weighted by atomic mass is 32.2. The quantitative estimate of drug-likeness (QED) is 0.620. The highest BCUT2D eigenvalue weighted by Gasteiger charge is 2.09. The van der Waals surface area contributed by atoms with Crippen LogP contribution in [-0.2, 0) is 0 Å². The lowest BCUT2D eigenvalue weighted by Gasteiger charge is -2.03. The lowest BCUT2D eigenvalue weighted by atomic mass is 10.1. The van der Waals surface area contributed by atoms with E-state index in [0.717, 1.165) is 0 Å². The van der Waals surface area contributed by atoms with Gasteiger partial charge in [-0.15, -0.1) is 0 Å². The summed E-state index contributed by atoms with van der Waals surface area (Å²) in [7, 11) is 0. The van der Waals surface area contributed by atoms with Crippen molar-refractivity contribution in [2.24, 2.45) is 0 Å². The van der Waals surface area contributed by atoms with Crippen molar-refractivity contribution in [1.82, 2.24) is 9.97 Å². The molecular weight excluding hydrogens is 249 g/mol. The standard InChI is InChI=1S/C11H7F3N2S/c12-8-3-1-7(2-4-8)9-5-6-15-11(16-9)17-10(13)14/h1-6,10H. The van der Waals surface area contributed by atoms with Gasteiger partial charge in [0.25, 0.3) is 5.76 Å². The zero-order valence-electron chi connectivity index (χ0n) is 8.48. The van der Waals surface area contributed by atoms with Gasteiger partial charge in [-0.2, -0.15) is 8.78 Å². The third kappa shape index (κ3) is 3.20. The Morgan fingerprint density at radius 2 is 1.76 bits per heavy atom. The van der Waals surface area contributed by atoms with Crippen LogP contribution in [0.3, 0.4) is 0 Å². The molecule has 0 aliphatic heterocycles. The smallest absolute Gasteiger partial charge is 0.231 e. The first kappa shape index (κ1) is 11.9. The number of hydrogen-bond donors (Lipinski definition) is 0. The molecule has 0 atom stereocenters. The van der Waals surface area contributed by atoms with Crippen molar-refractivity contribution in [3.8, 4) is 11.3 Å². The van der Waals surface area contributed by atoms with Gasteiger partial charge >= 0.3 is 0 Å². The molecule has 17 heavy (non-hydrogen) atoms. The predicted molar refractivity (Wildman–Crippen MR) is 59.3 cm³/mol. The first-order valence-electron chi connectivity index (χ1n) is 4.69. The average Bonchev–Trinajstić information content (AvgIpc) is 2.29. The molecule has 0 radical (unpaired) electrons. The monoisotopic (exact) mass is 256 g/mol. The van der Waals surface area contributed by atoms with Crippen LogP contribution in [0.15, 0.2) is 41.7 Å². The summed E-state index contributed by atoms with van der Waals surface area (Å²) < 4.78 is 37.0. The van der Waals surface area contributed by atoms with Crippen molar-refractivity contribution in [1.29, 1.82) is 0 Å². The lowest BCUT2D eigenvalue weighted by Crippen LogP contribution is -1.92. The fourth-order valence-corrected chi connectivity index (χ4v) is 1.69. The Bertz CT molecular complexity index is 502. The van der Waals surface area contributed by atoms with E-state index in [1.54, 1.807) is 6.07 Å². The van der Waals surface area contributed by atoms with Crippen LogP contribution in [0.25, 0.3) is 11.3 Å². The van der Waals surface area contributed by atoms with Crippen LogP contribution in [0.4, 0.5) is 13.2 Å². The van der Waals surface area contributed by atoms with Crippen LogP contribution < -0.4 is 0 Å². The maximum absolute atomic E-state index is 12.7. The molecule has 2 aromatic rings. The zero-order valence-corrected chi connectivity index (χ0v) is 9.29. The number of halogens is 3. The molecule has 0 aliphatic carbocycles. The fourth-order valence-electron chi connectivity index (χ4n) is 1.26. The van der Waals surface area contributed by atoms with Gasteiger partial charge in [-0.05, 0) is 42.1 Å². The van der Waals surface area contributed by atoms with Crippen LogP contribution in [0.2, 0.25) is 0 Å². The second kappa shape index (κ2) is 5.18. The van der Waals surface area contributed by atoms with E-state index in [1.807, 2.05) is 0 Å². The Labute approximate surface area is 99.9 Å². The molecule has 1 aromatic carbocycles. The molecule has 2 rings (SSSR count). The molecule has 1 heterocycles. The second-order valence-corrected chi connectivity index (χ2v) is 4.07. The Morgan fingerprint density at radius 1 is 1.06 bits per heavy atom. The van der Waals surface area contributed by atoms with Crippen LogP contribution in [0, 0.1) is 5.82 Å². The lowest BCUT2D eigenvalue weighted by molar-refractivity contribution is 0.251. The summed E-state index contributed by atoms with van der Waals surface area (Å²) in [6.07, 6.45) is 1.40. The molecule has 0 saturated heterocycles. The molecule has 6 heteroatoms. The summed E-state index contributed by atoms with van der Waals surface area (Å²) in [6, 6.07) is 7.24. The summed E-state index contributed by atoms with van der Waals surface area (Å²) in [6.45, 7) is 0. The molecule has 2 nitrogen and oxygen atoms in total. The molecular formula is C11H7F3N2S. The maximum atomic E-state index is 12.7. The Balaban J connectivity index is 2.29. The Kier molecular flexibility index (Phi) is 3.63. The van der Waals surface area contributed by atoms with E-state index in [-0.39, 0.29) is 22.7 Å². The molecule has 0 amide bonds. The summed E-state index contributed by atoms with van der Waals surface area (Å²) >= 11 is 0.281. The van der Waals surface area contributed by atoms with Crippen molar-refractivity contribution in [2.45, 2.75) is 10.9 Å². The summed E-state index contributed by atoms with van der Waals surface area (Å²) in [5.41, 5.74) is 1.15. The van der Waals surface area contributed by atoms with Crippen molar-refractivity contribution in [3.05, 3.63) is 42.3 Å². The number of nitrogens with zero attached hydrogens (tertiary/aromatic N) is 2. The van der Waals surface area contributed by atoms with Gasteiger partial charge in [0.15, 0.2) is 5.16 Å². The van der Waals surface area contributed by atoms with Crippen LogP contribution >= 0.6 is 11.8 Å². The topological polar surface area (TPSA) is 25.8 Å². The minimum Gasteiger partial charge on any atom is -0.231 e. The second-order valence-electron chi connectivity index (χ2n) is 3.11. The molecule has 0 fully saturated rings. The number of alkyl halides is 2. The van der Waals surface area contributed by atoms with Crippen LogP contribution in [0.1, 0.15) is 0 Å². The zero-order chi connectivity index (χ0) is 12.3. The van der Waals surface area contributed by atoms with Gasteiger partial charge in [0.05, 0.1) is 5.69 Å². The molecule has 0 unspecified atom stereocenters. The van der Waals surface area contributed by atoms with E-state index in [1.165, 1.54) is 30.5 Å². The summed E-state index contributed by atoms with van der Waals surface area (Å²) in [4.78, 5) is 7.68. The molecule has 0 aliphatic rings. The molecule has 0 N–H and O–H groups in total. The van der Waals surface area contributed by atoms with E-state index < -0.39 is 5.76 Å². The largest absolute Gasteiger partial charge is 0.291 e. The van der Waals surface area contributed by atoms with Gasteiger partial charge in [0.1, 0.15) is 5.82 Å². The number of benzene rings is 1. The van der Waals surface area contributed by atoms with Crippen molar-refractivity contribution in [3.63, 3.8) is 0 Å². The average molecular weight is 256 g/mol. The molecule has 88 valence electrons. The molecule has 0 bridgehead atoms. The normalized spacial score (nSPS) is 10.8. The molecule has 0 spiro atoms. The van der Waals surface area contributed by atoms with Gasteiger partial charge in [-0.1, -0.05) is 0 Å². The first-order valence-corrected chi connectivity index (χ1v) is 5.57. The predicted octanol–water partition coefficient (Wildman–Crippen LogP) is 3.60. The summed E-state index contributed by atoms with van der Waals surface area (Å²) in [5, 5.41) is 0.00169. The van der Waals surface area contributed by atoms with E-state index in [0.29, 0.717) is 11.3 Å². The Hall–Kier alpha value is -1.56. The minimum absolute atomic E-state index is 0.00169. The maximum Gasteiger partial charge on any atom is 0.291 e. The van der Waals surface area contributed by atoms with Crippen LogP contribution in [0.5, 0.6) is 0 Å². The number of rotatable bonds is 3. The van der Waals surface area contributed by atoms with Gasteiger partial charge in [-0.3, -0.25) is 0 Å². The minimum atomic E-state index is -2.56. The van der Waals surface area contributed by atoms with Crippen LogP contribution in [-0.4, -0.2) is 15.7 Å². The fraction of sp³-hybridized carbons (Fsp3) is 0.0909. The van der Waals surface area contributed by atoms with Gasteiger partial charge in [0, 0.05) is 11.8 Å². The van der Waals surface area contributed by atoms with E-state index >= 15 is 0 Å². The molecule has 1 aromatic heterocycles. The van der Waals surface area contributed by atoms with Gasteiger partial charge in [-0.25, -0.2) is 14.4 Å². The first-order chi connectivity index (χ1) is 8.15. The third-order valence-electron chi connectivity index (χ3n) is 1.97. The Morgan fingerprint density at radius 3 is 2.41 bits per heavy atom. The number of thioether (sulfide) groups is 1. The van der Waals surface area contributed by atoms with E-state index in [4.69, 9.17) is 0 Å². The van der Waals surface area contributed by atoms with Crippen molar-refractivity contribution < 1.29 is 13.2 Å². The van der Waals surface area contributed by atoms with Gasteiger partial charge in [0.2, 0.25) is 0 Å².